The van der Waals surface area contributed by atoms with Gasteiger partial charge in [-0.05, 0) is 74.5 Å². The molecule has 4 saturated carbocycles. The Morgan fingerprint density at radius 1 is 1.24 bits per heavy atom. The van der Waals surface area contributed by atoms with Crippen LogP contribution in [0.3, 0.4) is 0 Å². The van der Waals surface area contributed by atoms with Gasteiger partial charge in [0.05, 0.1) is 16.0 Å². The van der Waals surface area contributed by atoms with Gasteiger partial charge in [0, 0.05) is 11.2 Å². The van der Waals surface area contributed by atoms with Crippen LogP contribution in [0, 0.1) is 17.8 Å². The monoisotopic (exact) mass is 373 g/mol. The third-order valence-corrected chi connectivity index (χ3v) is 8.32. The highest BCUT2D eigenvalue weighted by molar-refractivity contribution is 8.01. The predicted molar refractivity (Wildman–Crippen MR) is 104 cm³/mol. The fraction of sp³-hybridized carbons (Fsp3) is 0.579. The molecule has 0 atom stereocenters. The number of nitrogen functional groups attached to an aromatic ring is 1. The molecule has 4 aliphatic carbocycles. The molecule has 4 aliphatic rings. The van der Waals surface area contributed by atoms with Crippen LogP contribution in [0.4, 0.5) is 5.69 Å². The second kappa shape index (κ2) is 5.88. The Hall–Kier alpha value is -1.27. The van der Waals surface area contributed by atoms with E-state index in [0.29, 0.717) is 5.75 Å². The molecule has 25 heavy (non-hydrogen) atoms. The van der Waals surface area contributed by atoms with E-state index in [0.717, 1.165) is 38.0 Å². The van der Waals surface area contributed by atoms with Crippen LogP contribution in [0.2, 0.25) is 0 Å². The quantitative estimate of drug-likeness (QED) is 0.626. The number of carbonyl (C=O) groups is 1. The van der Waals surface area contributed by atoms with Crippen molar-refractivity contribution in [2.75, 3.05) is 11.5 Å². The van der Waals surface area contributed by atoms with Crippen molar-refractivity contribution in [2.24, 2.45) is 17.8 Å². The maximum absolute atomic E-state index is 12.6. The van der Waals surface area contributed by atoms with Gasteiger partial charge in [-0.15, -0.1) is 11.3 Å². The number of benzene rings is 1. The van der Waals surface area contributed by atoms with Crippen LogP contribution in [0.25, 0.3) is 10.2 Å². The molecule has 4 bridgehead atoms. The standard InChI is InChI=1S/C19H23N3OS2/c20-14-1-2-15-16(6-14)25-18(21-15)24-10-17(23)22-19-7-11-3-12(8-19)5-13(4-11)9-19/h1-2,6,11-13H,3-5,7-10,20H2,(H,22,23). The van der Waals surface area contributed by atoms with Crippen LogP contribution in [-0.2, 0) is 4.79 Å². The number of nitrogens with two attached hydrogens (primary N) is 1. The lowest BCUT2D eigenvalue weighted by Gasteiger charge is -2.56. The second-order valence-corrected chi connectivity index (χ2v) is 10.5. The summed E-state index contributed by atoms with van der Waals surface area (Å²) in [6.07, 6.45) is 7.82. The normalized spacial score (nSPS) is 33.0. The summed E-state index contributed by atoms with van der Waals surface area (Å²) in [5.74, 6) is 3.19. The zero-order chi connectivity index (χ0) is 17.0. The van der Waals surface area contributed by atoms with E-state index in [2.05, 4.69) is 10.3 Å². The highest BCUT2D eigenvalue weighted by Gasteiger charge is 2.51. The lowest BCUT2D eigenvalue weighted by molar-refractivity contribution is -0.124. The minimum absolute atomic E-state index is 0.106. The van der Waals surface area contributed by atoms with Crippen molar-refractivity contribution in [3.63, 3.8) is 0 Å². The van der Waals surface area contributed by atoms with E-state index < -0.39 is 0 Å². The van der Waals surface area contributed by atoms with E-state index in [1.807, 2.05) is 18.2 Å². The number of aromatic nitrogens is 1. The minimum Gasteiger partial charge on any atom is -0.399 e. The molecule has 1 aromatic heterocycles. The summed E-state index contributed by atoms with van der Waals surface area (Å²) in [6.45, 7) is 0. The van der Waals surface area contributed by atoms with Crippen LogP contribution in [0.1, 0.15) is 38.5 Å². The number of hydrogen-bond acceptors (Lipinski definition) is 5. The second-order valence-electron chi connectivity index (χ2n) is 8.24. The summed E-state index contributed by atoms with van der Waals surface area (Å²) in [5.41, 5.74) is 7.65. The third kappa shape index (κ3) is 3.04. The van der Waals surface area contributed by atoms with Crippen molar-refractivity contribution in [1.82, 2.24) is 10.3 Å². The van der Waals surface area contributed by atoms with E-state index in [4.69, 9.17) is 5.73 Å². The summed E-state index contributed by atoms with van der Waals surface area (Å²) in [5, 5.41) is 3.43. The molecule has 6 heteroatoms. The summed E-state index contributed by atoms with van der Waals surface area (Å²) in [6, 6.07) is 5.77. The molecule has 0 aliphatic heterocycles. The van der Waals surface area contributed by atoms with Gasteiger partial charge in [-0.25, -0.2) is 4.98 Å². The van der Waals surface area contributed by atoms with Gasteiger partial charge in [0.25, 0.3) is 0 Å². The molecule has 1 amide bonds. The van der Waals surface area contributed by atoms with Gasteiger partial charge in [0.15, 0.2) is 4.34 Å². The Bertz CT molecular complexity index is 796. The number of nitrogens with one attached hydrogen (secondary N) is 1. The number of fused-ring (bicyclic) bond motifs is 1. The summed E-state index contributed by atoms with van der Waals surface area (Å²) >= 11 is 3.16. The van der Waals surface area contributed by atoms with Gasteiger partial charge in [-0.3, -0.25) is 4.79 Å². The molecule has 4 fully saturated rings. The van der Waals surface area contributed by atoms with Crippen LogP contribution in [0.5, 0.6) is 0 Å². The van der Waals surface area contributed by atoms with Crippen molar-refractivity contribution in [1.29, 1.82) is 0 Å². The molecule has 1 heterocycles. The molecule has 0 unspecified atom stereocenters. The summed E-state index contributed by atoms with van der Waals surface area (Å²) in [4.78, 5) is 17.2. The summed E-state index contributed by atoms with van der Waals surface area (Å²) in [7, 11) is 0. The predicted octanol–water partition coefficient (Wildman–Crippen LogP) is 4.06. The van der Waals surface area contributed by atoms with Crippen LogP contribution < -0.4 is 11.1 Å². The van der Waals surface area contributed by atoms with Crippen molar-refractivity contribution < 1.29 is 4.79 Å². The first-order valence-corrected chi connectivity index (χ1v) is 11.0. The molecule has 4 nitrogen and oxygen atoms in total. The highest BCUT2D eigenvalue weighted by atomic mass is 32.2. The van der Waals surface area contributed by atoms with E-state index in [1.54, 1.807) is 23.1 Å². The van der Waals surface area contributed by atoms with Gasteiger partial charge < -0.3 is 11.1 Å². The number of amides is 1. The van der Waals surface area contributed by atoms with Crippen LogP contribution >= 0.6 is 23.1 Å². The van der Waals surface area contributed by atoms with E-state index >= 15 is 0 Å². The largest absolute Gasteiger partial charge is 0.399 e. The molecular weight excluding hydrogens is 350 g/mol. The fourth-order valence-corrected chi connectivity index (χ4v) is 7.62. The SMILES string of the molecule is Nc1ccc2nc(SCC(=O)NC34CC5CC(CC(C5)C3)C4)sc2c1. The number of anilines is 1. The Balaban J connectivity index is 1.23. The fourth-order valence-electron chi connectivity index (χ4n) is 5.70. The molecule has 0 spiro atoms. The molecule has 3 N–H and O–H groups in total. The van der Waals surface area contributed by atoms with E-state index in [9.17, 15) is 4.79 Å². The number of rotatable bonds is 4. The van der Waals surface area contributed by atoms with Gasteiger partial charge in [-0.2, -0.15) is 0 Å². The van der Waals surface area contributed by atoms with Crippen molar-refractivity contribution in [3.8, 4) is 0 Å². The maximum Gasteiger partial charge on any atom is 0.230 e. The summed E-state index contributed by atoms with van der Waals surface area (Å²) < 4.78 is 2.03. The van der Waals surface area contributed by atoms with E-state index in [1.165, 1.54) is 38.5 Å². The number of hydrogen-bond donors (Lipinski definition) is 2. The first-order chi connectivity index (χ1) is 12.1. The Morgan fingerprint density at radius 3 is 2.60 bits per heavy atom. The molecule has 132 valence electrons. The molecule has 1 aromatic carbocycles. The zero-order valence-corrected chi connectivity index (χ0v) is 15.8. The van der Waals surface area contributed by atoms with Gasteiger partial charge in [-0.1, -0.05) is 11.8 Å². The zero-order valence-electron chi connectivity index (χ0n) is 14.2. The van der Waals surface area contributed by atoms with Crippen LogP contribution in [-0.4, -0.2) is 22.2 Å². The molecular formula is C19H23N3OS2. The van der Waals surface area contributed by atoms with Gasteiger partial charge in [0.1, 0.15) is 0 Å². The first kappa shape index (κ1) is 15.9. The molecule has 0 radical (unpaired) electrons. The first-order valence-electron chi connectivity index (χ1n) is 9.17. The number of thiazole rings is 1. The number of carbonyl (C=O) groups excluding carboxylic acids is 1. The number of nitrogens with zero attached hydrogens (tertiary/aromatic N) is 1. The topological polar surface area (TPSA) is 68.0 Å². The van der Waals surface area contributed by atoms with Crippen molar-refractivity contribution in [2.45, 2.75) is 48.4 Å². The molecule has 0 saturated heterocycles. The Kier molecular flexibility index (Phi) is 3.75. The van der Waals surface area contributed by atoms with Crippen molar-refractivity contribution in [3.05, 3.63) is 18.2 Å². The average Bonchev–Trinajstić information content (AvgIpc) is 2.93. The minimum atomic E-state index is 0.106. The third-order valence-electron chi connectivity index (χ3n) is 6.16. The van der Waals surface area contributed by atoms with E-state index in [-0.39, 0.29) is 11.4 Å². The number of thioether (sulfide) groups is 1. The van der Waals surface area contributed by atoms with Gasteiger partial charge in [0.2, 0.25) is 5.91 Å². The van der Waals surface area contributed by atoms with Gasteiger partial charge >= 0.3 is 0 Å². The van der Waals surface area contributed by atoms with Crippen LogP contribution in [0.15, 0.2) is 22.5 Å². The Morgan fingerprint density at radius 2 is 1.92 bits per heavy atom. The maximum atomic E-state index is 12.6. The molecule has 2 aromatic rings. The Labute approximate surface area is 156 Å². The molecule has 6 rings (SSSR count). The average molecular weight is 374 g/mol. The van der Waals surface area contributed by atoms with Crippen molar-refractivity contribution >= 4 is 44.9 Å². The smallest absolute Gasteiger partial charge is 0.230 e. The lowest BCUT2D eigenvalue weighted by atomic mass is 9.53. The lowest BCUT2D eigenvalue weighted by Crippen LogP contribution is -2.60. The highest BCUT2D eigenvalue weighted by Crippen LogP contribution is 2.55.